The van der Waals surface area contributed by atoms with E-state index in [1.165, 1.54) is 0 Å². The fourth-order valence-corrected chi connectivity index (χ4v) is 1.19. The second-order valence-electron chi connectivity index (χ2n) is 2.88. The Morgan fingerprint density at radius 3 is 2.57 bits per heavy atom. The van der Waals surface area contributed by atoms with Gasteiger partial charge >= 0.3 is 6.03 Å². The molecule has 2 N–H and O–H groups in total. The largest absolute Gasteiger partial charge is 0.341 e. The van der Waals surface area contributed by atoms with Crippen molar-refractivity contribution in [1.82, 2.24) is 10.6 Å². The molecule has 0 bridgehead atoms. The SMILES string of the molecule is CNC(=O)NCCc1ccc(Cl)cc1. The van der Waals surface area contributed by atoms with Gasteiger partial charge in [-0.3, -0.25) is 0 Å². The molecule has 76 valence electrons. The Kier molecular flexibility index (Phi) is 4.26. The first-order valence-electron chi connectivity index (χ1n) is 4.42. The fourth-order valence-electron chi connectivity index (χ4n) is 1.06. The number of amides is 2. The fraction of sp³-hybridized carbons (Fsp3) is 0.300. The zero-order valence-electron chi connectivity index (χ0n) is 8.01. The molecule has 1 rings (SSSR count). The molecule has 1 aromatic carbocycles. The normalized spacial score (nSPS) is 9.57. The van der Waals surface area contributed by atoms with Gasteiger partial charge in [-0.2, -0.15) is 0 Å². The van der Waals surface area contributed by atoms with Crippen LogP contribution in [0.15, 0.2) is 24.3 Å². The van der Waals surface area contributed by atoms with E-state index in [2.05, 4.69) is 10.6 Å². The third-order valence-electron chi connectivity index (χ3n) is 1.84. The summed E-state index contributed by atoms with van der Waals surface area (Å²) in [6.45, 7) is 0.626. The summed E-state index contributed by atoms with van der Waals surface area (Å²) in [5.41, 5.74) is 1.16. The highest BCUT2D eigenvalue weighted by Crippen LogP contribution is 2.09. The van der Waals surface area contributed by atoms with Crippen molar-refractivity contribution in [3.05, 3.63) is 34.9 Å². The average molecular weight is 213 g/mol. The van der Waals surface area contributed by atoms with Crippen LogP contribution in [-0.4, -0.2) is 19.6 Å². The summed E-state index contributed by atoms with van der Waals surface area (Å²) in [6, 6.07) is 7.44. The van der Waals surface area contributed by atoms with E-state index in [0.717, 1.165) is 17.0 Å². The van der Waals surface area contributed by atoms with Gasteiger partial charge in [0.2, 0.25) is 0 Å². The van der Waals surface area contributed by atoms with Gasteiger partial charge < -0.3 is 10.6 Å². The van der Waals surface area contributed by atoms with Gasteiger partial charge in [0.05, 0.1) is 0 Å². The summed E-state index contributed by atoms with van der Waals surface area (Å²) < 4.78 is 0. The van der Waals surface area contributed by atoms with Gasteiger partial charge in [-0.15, -0.1) is 0 Å². The summed E-state index contributed by atoms with van der Waals surface area (Å²) in [4.78, 5) is 10.8. The molecule has 1 aromatic rings. The van der Waals surface area contributed by atoms with Crippen LogP contribution in [-0.2, 0) is 6.42 Å². The number of carbonyl (C=O) groups is 1. The highest BCUT2D eigenvalue weighted by atomic mass is 35.5. The highest BCUT2D eigenvalue weighted by molar-refractivity contribution is 6.30. The van der Waals surface area contributed by atoms with Crippen LogP contribution in [0.3, 0.4) is 0 Å². The van der Waals surface area contributed by atoms with Crippen LogP contribution in [0.4, 0.5) is 4.79 Å². The van der Waals surface area contributed by atoms with Crippen molar-refractivity contribution in [2.24, 2.45) is 0 Å². The molecule has 2 amide bonds. The van der Waals surface area contributed by atoms with Crippen molar-refractivity contribution in [3.63, 3.8) is 0 Å². The number of urea groups is 1. The number of hydrogen-bond acceptors (Lipinski definition) is 1. The zero-order chi connectivity index (χ0) is 10.4. The third-order valence-corrected chi connectivity index (χ3v) is 2.09. The third kappa shape index (κ3) is 3.66. The van der Waals surface area contributed by atoms with Crippen molar-refractivity contribution < 1.29 is 4.79 Å². The molecule has 0 saturated carbocycles. The van der Waals surface area contributed by atoms with Gasteiger partial charge in [-0.25, -0.2) is 4.79 Å². The van der Waals surface area contributed by atoms with Gasteiger partial charge in [0.15, 0.2) is 0 Å². The number of carbonyl (C=O) groups excluding carboxylic acids is 1. The predicted molar refractivity (Wildman–Crippen MR) is 57.6 cm³/mol. The Morgan fingerprint density at radius 1 is 1.36 bits per heavy atom. The van der Waals surface area contributed by atoms with Gasteiger partial charge in [-0.1, -0.05) is 23.7 Å². The molecule has 0 unspecified atom stereocenters. The van der Waals surface area contributed by atoms with Crippen LogP contribution < -0.4 is 10.6 Å². The highest BCUT2D eigenvalue weighted by Gasteiger charge is 1.96. The Labute approximate surface area is 88.5 Å². The van der Waals surface area contributed by atoms with Gasteiger partial charge in [0.25, 0.3) is 0 Å². The van der Waals surface area contributed by atoms with Gasteiger partial charge in [0.1, 0.15) is 0 Å². The van der Waals surface area contributed by atoms with E-state index in [1.807, 2.05) is 24.3 Å². The van der Waals surface area contributed by atoms with E-state index in [9.17, 15) is 4.79 Å². The molecule has 0 aliphatic heterocycles. The van der Waals surface area contributed by atoms with Crippen LogP contribution in [0.1, 0.15) is 5.56 Å². The first kappa shape index (κ1) is 10.9. The summed E-state index contributed by atoms with van der Waals surface area (Å²) in [5.74, 6) is 0. The van der Waals surface area contributed by atoms with Crippen molar-refractivity contribution in [3.8, 4) is 0 Å². The molecular formula is C10H13ClN2O. The molecule has 0 aliphatic carbocycles. The maximum absolute atomic E-state index is 10.8. The number of hydrogen-bond donors (Lipinski definition) is 2. The summed E-state index contributed by atoms with van der Waals surface area (Å²) in [7, 11) is 1.59. The molecule has 4 heteroatoms. The molecule has 0 aromatic heterocycles. The minimum absolute atomic E-state index is 0.154. The minimum Gasteiger partial charge on any atom is -0.341 e. The first-order chi connectivity index (χ1) is 6.72. The topological polar surface area (TPSA) is 41.1 Å². The van der Waals surface area contributed by atoms with E-state index >= 15 is 0 Å². The quantitative estimate of drug-likeness (QED) is 0.789. The number of benzene rings is 1. The average Bonchev–Trinajstić information content (AvgIpc) is 2.21. The van der Waals surface area contributed by atoms with Crippen molar-refractivity contribution >= 4 is 17.6 Å². The molecule has 0 fully saturated rings. The summed E-state index contributed by atoms with van der Waals surface area (Å²) in [5, 5.41) is 5.93. The van der Waals surface area contributed by atoms with Crippen LogP contribution in [0.2, 0.25) is 5.02 Å². The van der Waals surface area contributed by atoms with E-state index < -0.39 is 0 Å². The predicted octanol–water partition coefficient (Wildman–Crippen LogP) is 1.81. The lowest BCUT2D eigenvalue weighted by Gasteiger charge is -2.04. The Morgan fingerprint density at radius 2 is 2.00 bits per heavy atom. The van der Waals surface area contributed by atoms with Crippen LogP contribution in [0.25, 0.3) is 0 Å². The maximum Gasteiger partial charge on any atom is 0.314 e. The number of halogens is 1. The smallest absolute Gasteiger partial charge is 0.314 e. The summed E-state index contributed by atoms with van der Waals surface area (Å²) in [6.07, 6.45) is 0.810. The molecule has 3 nitrogen and oxygen atoms in total. The van der Waals surface area contributed by atoms with Crippen LogP contribution >= 0.6 is 11.6 Å². The molecule has 0 atom stereocenters. The minimum atomic E-state index is -0.154. The summed E-state index contributed by atoms with van der Waals surface area (Å²) >= 11 is 5.74. The molecule has 0 saturated heterocycles. The Hall–Kier alpha value is -1.22. The van der Waals surface area contributed by atoms with Gasteiger partial charge in [0, 0.05) is 18.6 Å². The molecule has 14 heavy (non-hydrogen) atoms. The van der Waals surface area contributed by atoms with Crippen LogP contribution in [0.5, 0.6) is 0 Å². The first-order valence-corrected chi connectivity index (χ1v) is 4.80. The van der Waals surface area contributed by atoms with E-state index in [0.29, 0.717) is 6.54 Å². The Bertz CT molecular complexity index is 297. The van der Waals surface area contributed by atoms with Gasteiger partial charge in [-0.05, 0) is 24.1 Å². The second-order valence-corrected chi connectivity index (χ2v) is 3.32. The van der Waals surface area contributed by atoms with E-state index in [4.69, 9.17) is 11.6 Å². The lowest BCUT2D eigenvalue weighted by molar-refractivity contribution is 0.243. The molecule has 0 aliphatic rings. The monoisotopic (exact) mass is 212 g/mol. The van der Waals surface area contributed by atoms with Crippen molar-refractivity contribution in [1.29, 1.82) is 0 Å². The van der Waals surface area contributed by atoms with Crippen molar-refractivity contribution in [2.45, 2.75) is 6.42 Å². The van der Waals surface area contributed by atoms with E-state index in [-0.39, 0.29) is 6.03 Å². The number of rotatable bonds is 3. The lowest BCUT2D eigenvalue weighted by Crippen LogP contribution is -2.33. The second kappa shape index (κ2) is 5.50. The molecule has 0 spiro atoms. The standard InChI is InChI=1S/C10H13ClN2O/c1-12-10(14)13-7-6-8-2-4-9(11)5-3-8/h2-5H,6-7H2,1H3,(H2,12,13,14). The number of nitrogens with one attached hydrogen (secondary N) is 2. The van der Waals surface area contributed by atoms with Crippen LogP contribution in [0, 0.1) is 0 Å². The zero-order valence-corrected chi connectivity index (χ0v) is 8.77. The molecular weight excluding hydrogens is 200 g/mol. The van der Waals surface area contributed by atoms with E-state index in [1.54, 1.807) is 7.05 Å². The lowest BCUT2D eigenvalue weighted by atomic mass is 10.1. The molecule has 0 heterocycles. The maximum atomic E-state index is 10.8. The van der Waals surface area contributed by atoms with Crippen molar-refractivity contribution in [2.75, 3.05) is 13.6 Å². The molecule has 0 radical (unpaired) electrons. The Balaban J connectivity index is 2.31.